The van der Waals surface area contributed by atoms with Crippen molar-refractivity contribution in [3.8, 4) is 0 Å². The number of piperidine rings is 1. The van der Waals surface area contributed by atoms with E-state index in [9.17, 15) is 0 Å². The van der Waals surface area contributed by atoms with Crippen molar-refractivity contribution in [3.05, 3.63) is 30.6 Å². The molecule has 106 valence electrons. The van der Waals surface area contributed by atoms with Gasteiger partial charge in [0.1, 0.15) is 0 Å². The highest BCUT2D eigenvalue weighted by Gasteiger charge is 2.05. The third-order valence-corrected chi connectivity index (χ3v) is 2.46. The van der Waals surface area contributed by atoms with Gasteiger partial charge in [-0.1, -0.05) is 47.1 Å². The summed E-state index contributed by atoms with van der Waals surface area (Å²) in [5, 5.41) is 0. The molecular formula is C16H32N2. The van der Waals surface area contributed by atoms with Crippen molar-refractivity contribution in [2.24, 2.45) is 0 Å². The minimum absolute atomic E-state index is 0. The maximum Gasteiger partial charge on any atom is 0.0267 e. The Bertz CT molecular complexity index is 191. The molecule has 1 aromatic heterocycles. The van der Waals surface area contributed by atoms with E-state index in [4.69, 9.17) is 0 Å². The van der Waals surface area contributed by atoms with Gasteiger partial charge in [-0.05, 0) is 44.6 Å². The lowest BCUT2D eigenvalue weighted by atomic mass is 10.1. The predicted molar refractivity (Wildman–Crippen MR) is 82.9 cm³/mol. The zero-order valence-corrected chi connectivity index (χ0v) is 11.7. The van der Waals surface area contributed by atoms with Crippen molar-refractivity contribution < 1.29 is 0 Å². The van der Waals surface area contributed by atoms with Gasteiger partial charge in [0.25, 0.3) is 0 Å². The van der Waals surface area contributed by atoms with Crippen LogP contribution in [-0.2, 0) is 0 Å². The van der Waals surface area contributed by atoms with Gasteiger partial charge in [-0.15, -0.1) is 0 Å². The van der Waals surface area contributed by atoms with Crippen LogP contribution in [0.1, 0.15) is 53.9 Å². The van der Waals surface area contributed by atoms with E-state index < -0.39 is 0 Å². The van der Waals surface area contributed by atoms with Crippen molar-refractivity contribution in [1.29, 1.82) is 0 Å². The third-order valence-electron chi connectivity index (χ3n) is 2.46. The molecule has 1 saturated heterocycles. The van der Waals surface area contributed by atoms with Gasteiger partial charge in [0.05, 0.1) is 0 Å². The van der Waals surface area contributed by atoms with Crippen molar-refractivity contribution in [1.82, 2.24) is 9.88 Å². The first-order valence-corrected chi connectivity index (χ1v) is 6.92. The smallest absolute Gasteiger partial charge is 0.0267 e. The Labute approximate surface area is 114 Å². The molecule has 0 atom stereocenters. The second-order valence-electron chi connectivity index (χ2n) is 4.23. The molecule has 0 radical (unpaired) electrons. The van der Waals surface area contributed by atoms with E-state index in [1.807, 2.05) is 18.2 Å². The zero-order valence-electron chi connectivity index (χ0n) is 11.7. The van der Waals surface area contributed by atoms with Crippen LogP contribution in [0.5, 0.6) is 0 Å². The van der Waals surface area contributed by atoms with E-state index in [0.29, 0.717) is 0 Å². The average Bonchev–Trinajstić information content (AvgIpc) is 2.43. The molecule has 1 fully saturated rings. The van der Waals surface area contributed by atoms with Gasteiger partial charge in [-0.25, -0.2) is 0 Å². The van der Waals surface area contributed by atoms with Gasteiger partial charge in [-0.2, -0.15) is 0 Å². The highest BCUT2D eigenvalue weighted by atomic mass is 15.1. The summed E-state index contributed by atoms with van der Waals surface area (Å²) in [4.78, 5) is 6.30. The maximum atomic E-state index is 3.78. The van der Waals surface area contributed by atoms with Crippen LogP contribution >= 0.6 is 0 Å². The highest BCUT2D eigenvalue weighted by Crippen LogP contribution is 2.06. The molecule has 0 aliphatic carbocycles. The van der Waals surface area contributed by atoms with E-state index in [-0.39, 0.29) is 7.43 Å². The minimum atomic E-state index is 0. The lowest BCUT2D eigenvalue weighted by molar-refractivity contribution is 0.240. The van der Waals surface area contributed by atoms with Gasteiger partial charge in [-0.3, -0.25) is 4.98 Å². The minimum Gasteiger partial charge on any atom is -0.304 e. The molecule has 0 unspecified atom stereocenters. The zero-order chi connectivity index (χ0) is 12.8. The van der Waals surface area contributed by atoms with E-state index in [1.165, 1.54) is 45.3 Å². The largest absolute Gasteiger partial charge is 0.304 e. The lowest BCUT2D eigenvalue weighted by Gasteiger charge is -2.24. The van der Waals surface area contributed by atoms with Crippen LogP contribution < -0.4 is 0 Å². The number of aromatic nitrogens is 1. The molecule has 18 heavy (non-hydrogen) atoms. The first kappa shape index (κ1) is 19.4. The summed E-state index contributed by atoms with van der Waals surface area (Å²) >= 11 is 0. The Balaban J connectivity index is 0. The van der Waals surface area contributed by atoms with E-state index in [2.05, 4.69) is 30.7 Å². The molecule has 1 aliphatic heterocycles. The summed E-state index contributed by atoms with van der Waals surface area (Å²) in [6.07, 6.45) is 9.05. The number of pyridine rings is 1. The Kier molecular flexibility index (Phi) is 17.4. The summed E-state index contributed by atoms with van der Waals surface area (Å²) < 4.78 is 0. The van der Waals surface area contributed by atoms with Crippen LogP contribution in [-0.4, -0.2) is 29.5 Å². The number of hydrogen-bond acceptors (Lipinski definition) is 2. The lowest BCUT2D eigenvalue weighted by Crippen LogP contribution is -2.29. The summed E-state index contributed by atoms with van der Waals surface area (Å²) in [6, 6.07) is 5.72. The second-order valence-corrected chi connectivity index (χ2v) is 4.23. The predicted octanol–water partition coefficient (Wildman–Crippen LogP) is 4.63. The fourth-order valence-corrected chi connectivity index (χ4v) is 1.59. The Morgan fingerprint density at radius 2 is 1.39 bits per heavy atom. The van der Waals surface area contributed by atoms with Crippen LogP contribution in [0.4, 0.5) is 0 Å². The number of rotatable bonds is 1. The number of likely N-dealkylation sites (tertiary alicyclic amines) is 1. The fourth-order valence-electron chi connectivity index (χ4n) is 1.59. The SMILES string of the molecule is C.CCC.CCN1CCCCC1.c1ccncc1. The van der Waals surface area contributed by atoms with Gasteiger partial charge >= 0.3 is 0 Å². The molecule has 2 heteroatoms. The van der Waals surface area contributed by atoms with Gasteiger partial charge in [0.15, 0.2) is 0 Å². The van der Waals surface area contributed by atoms with Crippen molar-refractivity contribution in [3.63, 3.8) is 0 Å². The summed E-state index contributed by atoms with van der Waals surface area (Å²) in [6.45, 7) is 10.4. The van der Waals surface area contributed by atoms with E-state index in [1.54, 1.807) is 12.4 Å². The summed E-state index contributed by atoms with van der Waals surface area (Å²) in [5.74, 6) is 0. The topological polar surface area (TPSA) is 16.1 Å². The van der Waals surface area contributed by atoms with Crippen molar-refractivity contribution >= 4 is 0 Å². The molecule has 0 amide bonds. The molecular weight excluding hydrogens is 220 g/mol. The van der Waals surface area contributed by atoms with Gasteiger partial charge in [0, 0.05) is 12.4 Å². The molecule has 0 N–H and O–H groups in total. The van der Waals surface area contributed by atoms with Crippen LogP contribution in [0.2, 0.25) is 0 Å². The highest BCUT2D eigenvalue weighted by molar-refractivity contribution is 4.88. The van der Waals surface area contributed by atoms with Gasteiger partial charge in [0.2, 0.25) is 0 Å². The normalized spacial score (nSPS) is 14.2. The Morgan fingerprint density at radius 1 is 0.889 bits per heavy atom. The maximum absolute atomic E-state index is 3.78. The first-order chi connectivity index (χ1) is 8.35. The molecule has 0 spiro atoms. The quantitative estimate of drug-likeness (QED) is 0.724. The van der Waals surface area contributed by atoms with Crippen LogP contribution in [0.25, 0.3) is 0 Å². The molecule has 2 rings (SSSR count). The van der Waals surface area contributed by atoms with Gasteiger partial charge < -0.3 is 4.90 Å². The Hall–Kier alpha value is -0.890. The molecule has 2 nitrogen and oxygen atoms in total. The summed E-state index contributed by atoms with van der Waals surface area (Å²) in [7, 11) is 0. The number of hydrogen-bond donors (Lipinski definition) is 0. The molecule has 1 aromatic rings. The van der Waals surface area contributed by atoms with Crippen LogP contribution in [0.15, 0.2) is 30.6 Å². The molecule has 0 aromatic carbocycles. The van der Waals surface area contributed by atoms with Crippen LogP contribution in [0, 0.1) is 0 Å². The third kappa shape index (κ3) is 13.2. The first-order valence-electron chi connectivity index (χ1n) is 6.92. The summed E-state index contributed by atoms with van der Waals surface area (Å²) in [5.41, 5.74) is 0. The Morgan fingerprint density at radius 3 is 1.61 bits per heavy atom. The van der Waals surface area contributed by atoms with Crippen molar-refractivity contribution in [2.75, 3.05) is 19.6 Å². The standard InChI is InChI=1S/C7H15N.C5H5N.C3H8.CH4/c1-2-8-6-4-3-5-7-8;1-2-4-6-5-3-1;1-3-2;/h2-7H2,1H3;1-5H;3H2,1-2H3;1H4. The molecule has 2 heterocycles. The molecule has 0 saturated carbocycles. The average molecular weight is 252 g/mol. The fraction of sp³-hybridized carbons (Fsp3) is 0.688. The monoisotopic (exact) mass is 252 g/mol. The van der Waals surface area contributed by atoms with E-state index >= 15 is 0 Å². The van der Waals surface area contributed by atoms with Crippen LogP contribution in [0.3, 0.4) is 0 Å². The van der Waals surface area contributed by atoms with Crippen molar-refractivity contribution in [2.45, 2.75) is 53.9 Å². The second kappa shape index (κ2) is 16.1. The molecule has 0 bridgehead atoms. The number of nitrogens with zero attached hydrogens (tertiary/aromatic N) is 2. The van der Waals surface area contributed by atoms with E-state index in [0.717, 1.165) is 0 Å². The molecule has 1 aliphatic rings.